The highest BCUT2D eigenvalue weighted by Crippen LogP contribution is 2.21. The van der Waals surface area contributed by atoms with Gasteiger partial charge in [0.15, 0.2) is 0 Å². The lowest BCUT2D eigenvalue weighted by atomic mass is 10.1. The lowest BCUT2D eigenvalue weighted by Crippen LogP contribution is -2.41. The van der Waals surface area contributed by atoms with Crippen LogP contribution in [0.2, 0.25) is 0 Å². The number of urea groups is 1. The number of ether oxygens (including phenoxy) is 1. The lowest BCUT2D eigenvalue weighted by Gasteiger charge is -2.19. The predicted molar refractivity (Wildman–Crippen MR) is 77.7 cm³/mol. The fourth-order valence-corrected chi connectivity index (χ4v) is 1.96. The summed E-state index contributed by atoms with van der Waals surface area (Å²) >= 11 is 0. The van der Waals surface area contributed by atoms with Crippen LogP contribution in [0.1, 0.15) is 25.0 Å². The van der Waals surface area contributed by atoms with Crippen molar-refractivity contribution in [3.63, 3.8) is 0 Å². The third-order valence-electron chi connectivity index (χ3n) is 3.08. The van der Waals surface area contributed by atoms with Crippen molar-refractivity contribution in [3.05, 3.63) is 29.3 Å². The van der Waals surface area contributed by atoms with E-state index in [1.165, 1.54) is 0 Å². The maximum Gasteiger partial charge on any atom is 0.317 e. The van der Waals surface area contributed by atoms with Crippen LogP contribution in [0.4, 0.5) is 4.79 Å². The molecule has 1 aromatic carbocycles. The summed E-state index contributed by atoms with van der Waals surface area (Å²) in [6.07, 6.45) is 0. The van der Waals surface area contributed by atoms with Gasteiger partial charge in [0.1, 0.15) is 12.4 Å². The van der Waals surface area contributed by atoms with Gasteiger partial charge < -0.3 is 15.0 Å². The Bertz CT molecular complexity index is 394. The molecule has 0 saturated heterocycles. The Morgan fingerprint density at radius 3 is 2.32 bits per heavy atom. The number of para-hydroxylation sites is 1. The van der Waals surface area contributed by atoms with Crippen molar-refractivity contribution < 1.29 is 9.53 Å². The zero-order valence-corrected chi connectivity index (χ0v) is 12.3. The predicted octanol–water partition coefficient (Wildman–Crippen LogP) is 2.73. The van der Waals surface area contributed by atoms with E-state index in [0.717, 1.165) is 30.0 Å². The van der Waals surface area contributed by atoms with Crippen LogP contribution in [0.15, 0.2) is 18.2 Å². The number of nitrogens with zero attached hydrogens (tertiary/aromatic N) is 1. The molecule has 0 fully saturated rings. The Hall–Kier alpha value is -1.71. The maximum absolute atomic E-state index is 11.7. The van der Waals surface area contributed by atoms with Gasteiger partial charge in [-0.25, -0.2) is 4.79 Å². The molecule has 0 radical (unpaired) electrons. The summed E-state index contributed by atoms with van der Waals surface area (Å²) in [6.45, 7) is 10.4. The second-order valence-corrected chi connectivity index (χ2v) is 4.47. The molecular formula is C15H24N2O2. The van der Waals surface area contributed by atoms with E-state index in [9.17, 15) is 4.79 Å². The molecule has 0 aliphatic carbocycles. The second-order valence-electron chi connectivity index (χ2n) is 4.47. The van der Waals surface area contributed by atoms with Gasteiger partial charge in [0, 0.05) is 13.1 Å². The van der Waals surface area contributed by atoms with E-state index in [2.05, 4.69) is 5.32 Å². The molecule has 0 aliphatic heterocycles. The van der Waals surface area contributed by atoms with Gasteiger partial charge in [0.05, 0.1) is 6.54 Å². The summed E-state index contributed by atoms with van der Waals surface area (Å²) in [7, 11) is 0. The highest BCUT2D eigenvalue weighted by atomic mass is 16.5. The van der Waals surface area contributed by atoms with Crippen molar-refractivity contribution >= 4 is 6.03 Å². The number of amides is 2. The molecular weight excluding hydrogens is 240 g/mol. The summed E-state index contributed by atoms with van der Waals surface area (Å²) in [5, 5.41) is 2.86. The lowest BCUT2D eigenvalue weighted by molar-refractivity contribution is 0.200. The molecule has 19 heavy (non-hydrogen) atoms. The minimum Gasteiger partial charge on any atom is -0.491 e. The number of nitrogens with one attached hydrogen (secondary N) is 1. The Labute approximate surface area is 115 Å². The summed E-state index contributed by atoms with van der Waals surface area (Å²) in [5.41, 5.74) is 2.24. The number of carbonyl (C=O) groups is 1. The van der Waals surface area contributed by atoms with Gasteiger partial charge in [0.2, 0.25) is 0 Å². The van der Waals surface area contributed by atoms with Gasteiger partial charge >= 0.3 is 6.03 Å². The molecule has 1 rings (SSSR count). The van der Waals surface area contributed by atoms with E-state index in [-0.39, 0.29) is 6.03 Å². The van der Waals surface area contributed by atoms with Crippen molar-refractivity contribution in [3.8, 4) is 5.75 Å². The summed E-state index contributed by atoms with van der Waals surface area (Å²) in [6, 6.07) is 6.03. The van der Waals surface area contributed by atoms with Crippen LogP contribution in [0.3, 0.4) is 0 Å². The fourth-order valence-electron chi connectivity index (χ4n) is 1.96. The average molecular weight is 264 g/mol. The molecule has 1 aromatic rings. The molecule has 4 heteroatoms. The molecule has 0 unspecified atom stereocenters. The van der Waals surface area contributed by atoms with Crippen LogP contribution in [0.25, 0.3) is 0 Å². The van der Waals surface area contributed by atoms with Crippen LogP contribution in [0.5, 0.6) is 5.75 Å². The number of carbonyl (C=O) groups excluding carboxylic acids is 1. The monoisotopic (exact) mass is 264 g/mol. The van der Waals surface area contributed by atoms with Gasteiger partial charge in [-0.1, -0.05) is 18.2 Å². The number of benzene rings is 1. The normalized spacial score (nSPS) is 10.1. The fraction of sp³-hybridized carbons (Fsp3) is 0.533. The smallest absolute Gasteiger partial charge is 0.317 e. The van der Waals surface area contributed by atoms with Crippen molar-refractivity contribution in [2.45, 2.75) is 27.7 Å². The zero-order valence-electron chi connectivity index (χ0n) is 12.3. The first-order valence-electron chi connectivity index (χ1n) is 6.81. The molecule has 0 aromatic heterocycles. The summed E-state index contributed by atoms with van der Waals surface area (Å²) < 4.78 is 5.73. The van der Waals surface area contributed by atoms with Gasteiger partial charge in [-0.15, -0.1) is 0 Å². The van der Waals surface area contributed by atoms with Crippen LogP contribution < -0.4 is 10.1 Å². The van der Waals surface area contributed by atoms with E-state index < -0.39 is 0 Å². The summed E-state index contributed by atoms with van der Waals surface area (Å²) in [4.78, 5) is 13.5. The number of hydrogen-bond acceptors (Lipinski definition) is 2. The topological polar surface area (TPSA) is 41.6 Å². The molecule has 0 aliphatic rings. The first-order valence-corrected chi connectivity index (χ1v) is 6.81. The second kappa shape index (κ2) is 7.67. The molecule has 0 atom stereocenters. The van der Waals surface area contributed by atoms with Gasteiger partial charge in [-0.05, 0) is 38.8 Å². The highest BCUT2D eigenvalue weighted by molar-refractivity contribution is 5.74. The maximum atomic E-state index is 11.7. The van der Waals surface area contributed by atoms with Gasteiger partial charge in [-0.3, -0.25) is 0 Å². The number of rotatable bonds is 6. The molecule has 2 amide bonds. The Balaban J connectivity index is 2.37. The Kier molecular flexibility index (Phi) is 6.19. The quantitative estimate of drug-likeness (QED) is 0.803. The molecule has 106 valence electrons. The van der Waals surface area contributed by atoms with E-state index in [4.69, 9.17) is 4.74 Å². The summed E-state index contributed by atoms with van der Waals surface area (Å²) in [5.74, 6) is 0.916. The highest BCUT2D eigenvalue weighted by Gasteiger charge is 2.08. The minimum absolute atomic E-state index is 0.0323. The molecule has 0 heterocycles. The van der Waals surface area contributed by atoms with E-state index in [1.54, 1.807) is 4.90 Å². The molecule has 0 spiro atoms. The Morgan fingerprint density at radius 2 is 1.79 bits per heavy atom. The Morgan fingerprint density at radius 1 is 1.21 bits per heavy atom. The van der Waals surface area contributed by atoms with Crippen molar-refractivity contribution in [2.24, 2.45) is 0 Å². The molecule has 0 bridgehead atoms. The molecule has 1 N–H and O–H groups in total. The van der Waals surface area contributed by atoms with E-state index >= 15 is 0 Å². The average Bonchev–Trinajstić information content (AvgIpc) is 2.38. The van der Waals surface area contributed by atoms with E-state index in [0.29, 0.717) is 13.2 Å². The molecule has 4 nitrogen and oxygen atoms in total. The first-order chi connectivity index (χ1) is 9.10. The van der Waals surface area contributed by atoms with Crippen molar-refractivity contribution in [2.75, 3.05) is 26.2 Å². The SMILES string of the molecule is CCN(CC)C(=O)NCCOc1c(C)cccc1C. The minimum atomic E-state index is -0.0323. The van der Waals surface area contributed by atoms with Crippen LogP contribution in [0, 0.1) is 13.8 Å². The third kappa shape index (κ3) is 4.47. The van der Waals surface area contributed by atoms with Crippen molar-refractivity contribution in [1.29, 1.82) is 0 Å². The third-order valence-corrected chi connectivity index (χ3v) is 3.08. The van der Waals surface area contributed by atoms with Gasteiger partial charge in [-0.2, -0.15) is 0 Å². The van der Waals surface area contributed by atoms with Gasteiger partial charge in [0.25, 0.3) is 0 Å². The first kappa shape index (κ1) is 15.3. The van der Waals surface area contributed by atoms with Crippen molar-refractivity contribution in [1.82, 2.24) is 10.2 Å². The van der Waals surface area contributed by atoms with E-state index in [1.807, 2.05) is 45.9 Å². The molecule has 0 saturated carbocycles. The number of aryl methyl sites for hydroxylation is 2. The van der Waals surface area contributed by atoms with Crippen LogP contribution in [-0.4, -0.2) is 37.2 Å². The largest absolute Gasteiger partial charge is 0.491 e. The van der Waals surface area contributed by atoms with Crippen LogP contribution in [-0.2, 0) is 0 Å². The number of hydrogen-bond donors (Lipinski definition) is 1. The zero-order chi connectivity index (χ0) is 14.3. The van der Waals surface area contributed by atoms with Crippen LogP contribution >= 0.6 is 0 Å². The standard InChI is InChI=1S/C15H24N2O2/c1-5-17(6-2)15(18)16-10-11-19-14-12(3)8-7-9-13(14)4/h7-9H,5-6,10-11H2,1-4H3,(H,16,18).